The van der Waals surface area contributed by atoms with Gasteiger partial charge in [0.05, 0.1) is 0 Å². The molecule has 0 spiro atoms. The summed E-state index contributed by atoms with van der Waals surface area (Å²) in [6.07, 6.45) is 3.30. The number of hydrogen-bond acceptors (Lipinski definition) is 4. The molecule has 2 heterocycles. The Labute approximate surface area is 176 Å². The van der Waals surface area contributed by atoms with Gasteiger partial charge >= 0.3 is 0 Å². The first-order valence-electron chi connectivity index (χ1n) is 9.36. The number of anilines is 1. The quantitative estimate of drug-likeness (QED) is 0.681. The third-order valence-electron chi connectivity index (χ3n) is 4.66. The zero-order chi connectivity index (χ0) is 20.3. The Hall–Kier alpha value is -2.11. The predicted molar refractivity (Wildman–Crippen MR) is 115 cm³/mol. The molecule has 0 saturated carbocycles. The van der Waals surface area contributed by atoms with E-state index >= 15 is 0 Å². The summed E-state index contributed by atoms with van der Waals surface area (Å²) in [7, 11) is 0. The van der Waals surface area contributed by atoms with Gasteiger partial charge in [-0.25, -0.2) is 9.97 Å². The lowest BCUT2D eigenvalue weighted by atomic mass is 10.2. The topological polar surface area (TPSA) is 49.3 Å². The lowest BCUT2D eigenvalue weighted by molar-refractivity contribution is -0.126. The van der Waals surface area contributed by atoms with Crippen LogP contribution in [0, 0.1) is 6.92 Å². The first kappa shape index (κ1) is 20.6. The average molecular weight is 419 g/mol. The highest BCUT2D eigenvalue weighted by atomic mass is 35.5. The third kappa shape index (κ3) is 5.03. The standard InChI is InChI=1S/C21H24Cl2N4O/c1-14(2)21-24-15(3)12-19(25-21)26-8-10-27(11-9-26)20(28)7-5-16-4-6-17(22)13-18(16)23/h4-7,12-14H,8-11H2,1-3H3/b7-5+. The van der Waals surface area contributed by atoms with E-state index in [1.807, 2.05) is 17.9 Å². The number of piperazine rings is 1. The molecule has 7 heteroatoms. The van der Waals surface area contributed by atoms with Crippen molar-refractivity contribution in [2.75, 3.05) is 31.1 Å². The van der Waals surface area contributed by atoms with Crippen molar-refractivity contribution in [3.8, 4) is 0 Å². The summed E-state index contributed by atoms with van der Waals surface area (Å²) in [6.45, 7) is 8.96. The van der Waals surface area contributed by atoms with Gasteiger partial charge in [-0.1, -0.05) is 43.1 Å². The van der Waals surface area contributed by atoms with E-state index in [9.17, 15) is 4.79 Å². The Morgan fingerprint density at radius 2 is 1.82 bits per heavy atom. The summed E-state index contributed by atoms with van der Waals surface area (Å²) in [5.74, 6) is 2.06. The second-order valence-electron chi connectivity index (χ2n) is 7.19. The number of hydrogen-bond donors (Lipinski definition) is 0. The molecule has 0 bridgehead atoms. The molecule has 1 amide bonds. The molecule has 1 saturated heterocycles. The van der Waals surface area contributed by atoms with E-state index in [0.29, 0.717) is 23.1 Å². The molecule has 1 aliphatic rings. The van der Waals surface area contributed by atoms with Crippen molar-refractivity contribution < 1.29 is 4.79 Å². The fraction of sp³-hybridized carbons (Fsp3) is 0.381. The number of carbonyl (C=O) groups is 1. The van der Waals surface area contributed by atoms with E-state index in [-0.39, 0.29) is 11.8 Å². The van der Waals surface area contributed by atoms with Crippen molar-refractivity contribution in [1.82, 2.24) is 14.9 Å². The highest BCUT2D eigenvalue weighted by Gasteiger charge is 2.21. The Morgan fingerprint density at radius 3 is 2.46 bits per heavy atom. The van der Waals surface area contributed by atoms with Crippen LogP contribution in [0.15, 0.2) is 30.3 Å². The highest BCUT2D eigenvalue weighted by molar-refractivity contribution is 6.35. The van der Waals surface area contributed by atoms with Crippen LogP contribution in [0.5, 0.6) is 0 Å². The van der Waals surface area contributed by atoms with Crippen LogP contribution in [0.2, 0.25) is 10.0 Å². The van der Waals surface area contributed by atoms with Crippen LogP contribution in [0.3, 0.4) is 0 Å². The van der Waals surface area contributed by atoms with Crippen molar-refractivity contribution >= 4 is 41.0 Å². The number of halogens is 2. The normalized spacial score (nSPS) is 14.9. The van der Waals surface area contributed by atoms with E-state index in [1.54, 1.807) is 30.4 Å². The van der Waals surface area contributed by atoms with Crippen molar-refractivity contribution in [2.24, 2.45) is 0 Å². The van der Waals surface area contributed by atoms with Gasteiger partial charge in [0, 0.05) is 60.0 Å². The molecule has 1 aromatic carbocycles. The molecular formula is C21H24Cl2N4O. The van der Waals surface area contributed by atoms with Crippen molar-refractivity contribution in [3.05, 3.63) is 57.5 Å². The van der Waals surface area contributed by atoms with Gasteiger partial charge in [0.15, 0.2) is 0 Å². The van der Waals surface area contributed by atoms with Crippen LogP contribution in [0.1, 0.15) is 36.8 Å². The number of aromatic nitrogens is 2. The zero-order valence-corrected chi connectivity index (χ0v) is 17.8. The maximum Gasteiger partial charge on any atom is 0.246 e. The van der Waals surface area contributed by atoms with Crippen LogP contribution in [-0.2, 0) is 4.79 Å². The van der Waals surface area contributed by atoms with Crippen LogP contribution in [0.4, 0.5) is 5.82 Å². The Bertz CT molecular complexity index is 890. The van der Waals surface area contributed by atoms with Gasteiger partial charge in [-0.15, -0.1) is 0 Å². The molecule has 2 aromatic rings. The molecule has 1 fully saturated rings. The van der Waals surface area contributed by atoms with Crippen molar-refractivity contribution in [1.29, 1.82) is 0 Å². The Morgan fingerprint density at radius 1 is 1.11 bits per heavy atom. The van der Waals surface area contributed by atoms with Gasteiger partial charge < -0.3 is 9.80 Å². The summed E-state index contributed by atoms with van der Waals surface area (Å²) in [4.78, 5) is 25.8. The van der Waals surface area contributed by atoms with E-state index in [4.69, 9.17) is 28.2 Å². The predicted octanol–water partition coefficient (Wildman–Crippen LogP) is 4.58. The molecule has 5 nitrogen and oxygen atoms in total. The van der Waals surface area contributed by atoms with E-state index in [1.165, 1.54) is 0 Å². The molecule has 0 aliphatic carbocycles. The van der Waals surface area contributed by atoms with E-state index in [0.717, 1.165) is 36.0 Å². The minimum atomic E-state index is -0.0209. The molecule has 1 aliphatic heterocycles. The monoisotopic (exact) mass is 418 g/mol. The minimum absolute atomic E-state index is 0.0209. The molecule has 0 unspecified atom stereocenters. The number of rotatable bonds is 4. The van der Waals surface area contributed by atoms with Crippen LogP contribution >= 0.6 is 23.2 Å². The number of aryl methyl sites for hydroxylation is 1. The fourth-order valence-corrected chi connectivity index (χ4v) is 3.53. The maximum atomic E-state index is 12.5. The molecule has 0 N–H and O–H groups in total. The second kappa shape index (κ2) is 8.93. The SMILES string of the molecule is Cc1cc(N2CCN(C(=O)/C=C/c3ccc(Cl)cc3Cl)CC2)nc(C(C)C)n1. The molecule has 148 valence electrons. The van der Waals surface area contributed by atoms with Crippen molar-refractivity contribution in [2.45, 2.75) is 26.7 Å². The van der Waals surface area contributed by atoms with Crippen LogP contribution in [0.25, 0.3) is 6.08 Å². The average Bonchev–Trinajstić information content (AvgIpc) is 2.66. The molecular weight excluding hydrogens is 395 g/mol. The molecule has 1 aromatic heterocycles. The molecule has 0 atom stereocenters. The van der Waals surface area contributed by atoms with E-state index < -0.39 is 0 Å². The third-order valence-corrected chi connectivity index (χ3v) is 5.22. The van der Waals surface area contributed by atoms with Crippen LogP contribution in [-0.4, -0.2) is 47.0 Å². The summed E-state index contributed by atoms with van der Waals surface area (Å²) in [5.41, 5.74) is 1.74. The van der Waals surface area contributed by atoms with Gasteiger partial charge in [0.1, 0.15) is 11.6 Å². The fourth-order valence-electron chi connectivity index (χ4n) is 3.05. The zero-order valence-electron chi connectivity index (χ0n) is 16.3. The lowest BCUT2D eigenvalue weighted by Crippen LogP contribution is -2.48. The van der Waals surface area contributed by atoms with Gasteiger partial charge in [0.2, 0.25) is 5.91 Å². The van der Waals surface area contributed by atoms with Crippen molar-refractivity contribution in [3.63, 3.8) is 0 Å². The van der Waals surface area contributed by atoms with Gasteiger partial charge in [-0.3, -0.25) is 4.79 Å². The maximum absolute atomic E-state index is 12.5. The number of benzene rings is 1. The first-order valence-corrected chi connectivity index (χ1v) is 10.1. The Balaban J connectivity index is 1.62. The molecule has 3 rings (SSSR count). The largest absolute Gasteiger partial charge is 0.353 e. The van der Waals surface area contributed by atoms with Gasteiger partial charge in [0.25, 0.3) is 0 Å². The summed E-state index contributed by atoms with van der Waals surface area (Å²) >= 11 is 12.1. The number of amides is 1. The van der Waals surface area contributed by atoms with Crippen LogP contribution < -0.4 is 4.90 Å². The molecule has 28 heavy (non-hydrogen) atoms. The van der Waals surface area contributed by atoms with Gasteiger partial charge in [-0.05, 0) is 30.7 Å². The van der Waals surface area contributed by atoms with E-state index in [2.05, 4.69) is 23.7 Å². The first-order chi connectivity index (χ1) is 13.3. The summed E-state index contributed by atoms with van der Waals surface area (Å²) < 4.78 is 0. The smallest absolute Gasteiger partial charge is 0.246 e. The van der Waals surface area contributed by atoms with Gasteiger partial charge in [-0.2, -0.15) is 0 Å². The Kier molecular flexibility index (Phi) is 6.57. The summed E-state index contributed by atoms with van der Waals surface area (Å²) in [5, 5.41) is 1.10. The number of nitrogens with zero attached hydrogens (tertiary/aromatic N) is 4. The lowest BCUT2D eigenvalue weighted by Gasteiger charge is -2.35. The second-order valence-corrected chi connectivity index (χ2v) is 8.04. The number of carbonyl (C=O) groups excluding carboxylic acids is 1. The highest BCUT2D eigenvalue weighted by Crippen LogP contribution is 2.22. The minimum Gasteiger partial charge on any atom is -0.353 e. The molecule has 0 radical (unpaired) electrons. The summed E-state index contributed by atoms with van der Waals surface area (Å²) in [6, 6.07) is 7.23.